The van der Waals surface area contributed by atoms with Crippen molar-refractivity contribution in [3.05, 3.63) is 35.6 Å². The highest BCUT2D eigenvalue weighted by Gasteiger charge is 2.00. The summed E-state index contributed by atoms with van der Waals surface area (Å²) in [6.07, 6.45) is 3.82. The molecule has 0 atom stereocenters. The zero-order chi connectivity index (χ0) is 8.85. The van der Waals surface area contributed by atoms with E-state index in [1.165, 1.54) is 0 Å². The highest BCUT2D eigenvalue weighted by atomic mass is 16.5. The van der Waals surface area contributed by atoms with Gasteiger partial charge in [0.15, 0.2) is 0 Å². The maximum atomic E-state index is 5.20. The van der Waals surface area contributed by atoms with Gasteiger partial charge in [-0.15, -0.1) is 0 Å². The first-order chi connectivity index (χ1) is 5.17. The van der Waals surface area contributed by atoms with E-state index >= 15 is 0 Å². The molecule has 0 fully saturated rings. The molecule has 0 aromatic heterocycles. The topological polar surface area (TPSA) is 9.23 Å². The van der Waals surface area contributed by atoms with Gasteiger partial charge in [-0.1, -0.05) is 18.7 Å². The molecule has 0 heterocycles. The average Bonchev–Trinajstić information content (AvgIpc) is 2.05. The number of ether oxygens (including phenoxy) is 1. The standard InChI is InChI=1S/C10H16O/c1-6-8(3)10(11-5)9(4)7-2/h6-7H,1H2,2-5H3/b9-7-,10-8+. The molecule has 0 aliphatic carbocycles. The largest absolute Gasteiger partial charge is 0.496 e. The molecule has 1 heteroatoms. The van der Waals surface area contributed by atoms with Crippen LogP contribution in [0, 0.1) is 0 Å². The second-order valence-corrected chi connectivity index (χ2v) is 2.39. The minimum Gasteiger partial charge on any atom is -0.496 e. The number of allylic oxidation sites excluding steroid dienone is 4. The van der Waals surface area contributed by atoms with E-state index in [0.717, 1.165) is 16.9 Å². The van der Waals surface area contributed by atoms with Gasteiger partial charge in [-0.05, 0) is 31.9 Å². The van der Waals surface area contributed by atoms with Crippen LogP contribution in [0.3, 0.4) is 0 Å². The molecule has 0 aromatic carbocycles. The molecule has 11 heavy (non-hydrogen) atoms. The van der Waals surface area contributed by atoms with E-state index in [-0.39, 0.29) is 0 Å². The molecular weight excluding hydrogens is 136 g/mol. The fourth-order valence-electron chi connectivity index (χ4n) is 0.857. The summed E-state index contributed by atoms with van der Waals surface area (Å²) in [5, 5.41) is 0. The predicted octanol–water partition coefficient (Wildman–Crippen LogP) is 3.06. The number of hydrogen-bond acceptors (Lipinski definition) is 1. The molecule has 0 radical (unpaired) electrons. The highest BCUT2D eigenvalue weighted by molar-refractivity contribution is 5.32. The lowest BCUT2D eigenvalue weighted by molar-refractivity contribution is 0.297. The quantitative estimate of drug-likeness (QED) is 0.446. The van der Waals surface area contributed by atoms with E-state index in [4.69, 9.17) is 4.74 Å². The van der Waals surface area contributed by atoms with Crippen LogP contribution in [0.2, 0.25) is 0 Å². The van der Waals surface area contributed by atoms with Crippen molar-refractivity contribution in [2.75, 3.05) is 7.11 Å². The Morgan fingerprint density at radius 1 is 1.36 bits per heavy atom. The van der Waals surface area contributed by atoms with Crippen LogP contribution >= 0.6 is 0 Å². The lowest BCUT2D eigenvalue weighted by Gasteiger charge is -2.07. The maximum absolute atomic E-state index is 5.20. The van der Waals surface area contributed by atoms with Crippen molar-refractivity contribution in [2.45, 2.75) is 20.8 Å². The fraction of sp³-hybridized carbons (Fsp3) is 0.400. The Morgan fingerprint density at radius 3 is 2.18 bits per heavy atom. The van der Waals surface area contributed by atoms with Gasteiger partial charge in [0.05, 0.1) is 7.11 Å². The third kappa shape index (κ3) is 2.62. The lowest BCUT2D eigenvalue weighted by atomic mass is 10.1. The molecule has 0 bridgehead atoms. The van der Waals surface area contributed by atoms with E-state index in [1.54, 1.807) is 13.2 Å². The molecule has 62 valence electrons. The zero-order valence-corrected chi connectivity index (χ0v) is 7.77. The first-order valence-electron chi connectivity index (χ1n) is 3.68. The SMILES string of the molecule is C=C/C(C)=C(OC)\C(C)=C/C. The van der Waals surface area contributed by atoms with Gasteiger partial charge in [0.1, 0.15) is 5.76 Å². The van der Waals surface area contributed by atoms with E-state index in [9.17, 15) is 0 Å². The third-order valence-corrected chi connectivity index (χ3v) is 1.66. The van der Waals surface area contributed by atoms with Gasteiger partial charge in [-0.25, -0.2) is 0 Å². The van der Waals surface area contributed by atoms with Gasteiger partial charge in [0, 0.05) is 0 Å². The number of rotatable bonds is 3. The third-order valence-electron chi connectivity index (χ3n) is 1.66. The first kappa shape index (κ1) is 10.0. The Morgan fingerprint density at radius 2 is 1.91 bits per heavy atom. The van der Waals surface area contributed by atoms with Crippen molar-refractivity contribution in [3.8, 4) is 0 Å². The molecule has 1 nitrogen and oxygen atoms in total. The minimum absolute atomic E-state index is 0.919. The summed E-state index contributed by atoms with van der Waals surface area (Å²) < 4.78 is 5.20. The van der Waals surface area contributed by atoms with Gasteiger partial charge in [0.2, 0.25) is 0 Å². The van der Waals surface area contributed by atoms with Crippen LogP contribution in [-0.4, -0.2) is 7.11 Å². The minimum atomic E-state index is 0.919. The second kappa shape index (κ2) is 4.78. The van der Waals surface area contributed by atoms with Crippen molar-refractivity contribution in [1.82, 2.24) is 0 Å². The average molecular weight is 152 g/mol. The van der Waals surface area contributed by atoms with Crippen LogP contribution in [0.1, 0.15) is 20.8 Å². The van der Waals surface area contributed by atoms with E-state index in [0.29, 0.717) is 0 Å². The molecule has 0 aromatic rings. The Balaban J connectivity index is 4.79. The van der Waals surface area contributed by atoms with Crippen molar-refractivity contribution in [3.63, 3.8) is 0 Å². The van der Waals surface area contributed by atoms with Crippen LogP contribution in [0.5, 0.6) is 0 Å². The van der Waals surface area contributed by atoms with Crippen LogP contribution in [-0.2, 0) is 4.74 Å². The zero-order valence-electron chi connectivity index (χ0n) is 7.77. The van der Waals surface area contributed by atoms with Crippen LogP contribution in [0.15, 0.2) is 35.6 Å². The summed E-state index contributed by atoms with van der Waals surface area (Å²) in [5.74, 6) is 0.919. The van der Waals surface area contributed by atoms with Gasteiger partial charge in [0.25, 0.3) is 0 Å². The molecule has 0 rings (SSSR count). The Bertz CT molecular complexity index is 197. The summed E-state index contributed by atoms with van der Waals surface area (Å²) in [7, 11) is 1.68. The summed E-state index contributed by atoms with van der Waals surface area (Å²) in [6, 6.07) is 0. The highest BCUT2D eigenvalue weighted by Crippen LogP contribution is 2.15. The van der Waals surface area contributed by atoms with E-state index in [1.807, 2.05) is 26.8 Å². The Labute approximate surface area is 69.1 Å². The molecule has 0 amide bonds. The second-order valence-electron chi connectivity index (χ2n) is 2.39. The summed E-state index contributed by atoms with van der Waals surface area (Å²) >= 11 is 0. The molecule has 0 aliphatic rings. The van der Waals surface area contributed by atoms with Crippen LogP contribution in [0.4, 0.5) is 0 Å². The molecular formula is C10H16O. The smallest absolute Gasteiger partial charge is 0.124 e. The summed E-state index contributed by atoms with van der Waals surface area (Å²) in [6.45, 7) is 9.68. The molecule has 0 unspecified atom stereocenters. The number of hydrogen-bond donors (Lipinski definition) is 0. The van der Waals surface area contributed by atoms with Crippen molar-refractivity contribution >= 4 is 0 Å². The summed E-state index contributed by atoms with van der Waals surface area (Å²) in [4.78, 5) is 0. The fourth-order valence-corrected chi connectivity index (χ4v) is 0.857. The van der Waals surface area contributed by atoms with Gasteiger partial charge >= 0.3 is 0 Å². The van der Waals surface area contributed by atoms with Gasteiger partial charge in [-0.3, -0.25) is 0 Å². The molecule has 0 saturated heterocycles. The summed E-state index contributed by atoms with van der Waals surface area (Å²) in [5.41, 5.74) is 2.22. The number of methoxy groups -OCH3 is 1. The Hall–Kier alpha value is -0.980. The first-order valence-corrected chi connectivity index (χ1v) is 3.68. The normalized spacial score (nSPS) is 14.0. The van der Waals surface area contributed by atoms with Crippen molar-refractivity contribution in [2.24, 2.45) is 0 Å². The maximum Gasteiger partial charge on any atom is 0.124 e. The van der Waals surface area contributed by atoms with Gasteiger partial charge < -0.3 is 4.74 Å². The van der Waals surface area contributed by atoms with E-state index in [2.05, 4.69) is 6.58 Å². The molecule has 0 spiro atoms. The Kier molecular flexibility index (Phi) is 4.35. The van der Waals surface area contributed by atoms with Crippen molar-refractivity contribution < 1.29 is 4.74 Å². The molecule has 0 saturated carbocycles. The predicted molar refractivity (Wildman–Crippen MR) is 49.3 cm³/mol. The molecule has 0 aliphatic heterocycles. The van der Waals surface area contributed by atoms with Crippen LogP contribution < -0.4 is 0 Å². The lowest BCUT2D eigenvalue weighted by Crippen LogP contribution is -1.91. The monoisotopic (exact) mass is 152 g/mol. The van der Waals surface area contributed by atoms with E-state index < -0.39 is 0 Å². The van der Waals surface area contributed by atoms with Gasteiger partial charge in [-0.2, -0.15) is 0 Å². The van der Waals surface area contributed by atoms with Crippen molar-refractivity contribution in [1.29, 1.82) is 0 Å². The molecule has 0 N–H and O–H groups in total. The van der Waals surface area contributed by atoms with Crippen LogP contribution in [0.25, 0.3) is 0 Å².